The fourth-order valence-corrected chi connectivity index (χ4v) is 5.89. The van der Waals surface area contributed by atoms with Crippen molar-refractivity contribution in [2.45, 2.75) is 129 Å². The minimum absolute atomic E-state index is 0.0487. The quantitative estimate of drug-likeness (QED) is 0.431. The molecule has 32 heavy (non-hydrogen) atoms. The average Bonchev–Trinajstić information content (AvgIpc) is 2.67. The van der Waals surface area contributed by atoms with Gasteiger partial charge in [0, 0.05) is 22.2 Å². The van der Waals surface area contributed by atoms with Gasteiger partial charge in [-0.1, -0.05) is 30.3 Å². The lowest BCUT2D eigenvalue weighted by Crippen LogP contribution is -2.71. The van der Waals surface area contributed by atoms with Gasteiger partial charge in [-0.15, -0.1) is 0 Å². The largest absolute Gasteiger partial charge is 0.287 e. The molecule has 5 heteroatoms. The van der Waals surface area contributed by atoms with Crippen molar-refractivity contribution in [1.29, 1.82) is 0 Å². The normalized spacial score (nSPS) is 25.5. The molecule has 2 aliphatic heterocycles. The van der Waals surface area contributed by atoms with E-state index in [9.17, 15) is 0 Å². The van der Waals surface area contributed by atoms with Crippen molar-refractivity contribution in [3.05, 3.63) is 35.9 Å². The number of hydrazine groups is 2. The Morgan fingerprint density at radius 1 is 0.719 bits per heavy atom. The Morgan fingerprint density at radius 3 is 1.47 bits per heavy atom. The van der Waals surface area contributed by atoms with Crippen LogP contribution in [-0.4, -0.2) is 38.1 Å². The van der Waals surface area contributed by atoms with Crippen molar-refractivity contribution in [3.8, 4) is 0 Å². The van der Waals surface area contributed by atoms with E-state index in [1.54, 1.807) is 0 Å². The molecule has 1 aromatic rings. The van der Waals surface area contributed by atoms with E-state index >= 15 is 0 Å². The van der Waals surface area contributed by atoms with Crippen LogP contribution in [0.15, 0.2) is 35.3 Å². The van der Waals surface area contributed by atoms with Crippen molar-refractivity contribution in [1.82, 2.24) is 20.9 Å². The predicted molar refractivity (Wildman–Crippen MR) is 136 cm³/mol. The number of aliphatic imine (C=N–C) groups is 1. The molecule has 0 aromatic heterocycles. The lowest BCUT2D eigenvalue weighted by molar-refractivity contribution is -0.0687. The summed E-state index contributed by atoms with van der Waals surface area (Å²) in [6, 6.07) is 10.6. The number of nitrogens with zero attached hydrogens (tertiary/aromatic N) is 3. The second-order valence-corrected chi connectivity index (χ2v) is 12.4. The third-order valence-corrected chi connectivity index (χ3v) is 7.62. The lowest BCUT2D eigenvalue weighted by Gasteiger charge is -2.55. The first kappa shape index (κ1) is 25.0. The molecule has 1 unspecified atom stereocenters. The summed E-state index contributed by atoms with van der Waals surface area (Å²) in [7, 11) is 0. The predicted octanol–water partition coefficient (Wildman–Crippen LogP) is 6.20. The molecule has 2 aliphatic rings. The van der Waals surface area contributed by atoms with Crippen LogP contribution in [0.4, 0.5) is 0 Å². The minimum atomic E-state index is 0.0487. The zero-order valence-corrected chi connectivity index (χ0v) is 22.0. The molecule has 0 saturated carbocycles. The highest BCUT2D eigenvalue weighted by Crippen LogP contribution is 2.38. The zero-order valence-electron chi connectivity index (χ0n) is 22.0. The van der Waals surface area contributed by atoms with Crippen molar-refractivity contribution >= 4 is 5.96 Å². The van der Waals surface area contributed by atoms with Gasteiger partial charge in [0.1, 0.15) is 0 Å². The summed E-state index contributed by atoms with van der Waals surface area (Å²) in [6.45, 7) is 20.9. The summed E-state index contributed by atoms with van der Waals surface area (Å²) in [6.07, 6.45) is 7.20. The molecule has 3 rings (SSSR count). The van der Waals surface area contributed by atoms with Crippen molar-refractivity contribution in [3.63, 3.8) is 0 Å². The van der Waals surface area contributed by atoms with Crippen LogP contribution in [0.2, 0.25) is 0 Å². The molecule has 2 saturated heterocycles. The molecule has 0 aliphatic carbocycles. The van der Waals surface area contributed by atoms with Crippen LogP contribution in [0, 0.1) is 0 Å². The number of nitrogens with one attached hydrogen (secondary N) is 2. The molecule has 1 aromatic carbocycles. The van der Waals surface area contributed by atoms with Gasteiger partial charge in [-0.05, 0) is 106 Å². The number of benzene rings is 1. The molecular formula is C27H47N5. The Hall–Kier alpha value is -1.59. The molecule has 0 spiro atoms. The third kappa shape index (κ3) is 5.48. The molecule has 180 valence electrons. The van der Waals surface area contributed by atoms with E-state index < -0.39 is 0 Å². The second kappa shape index (κ2) is 8.98. The van der Waals surface area contributed by atoms with Crippen LogP contribution in [0.5, 0.6) is 0 Å². The summed E-state index contributed by atoms with van der Waals surface area (Å²) in [4.78, 5) is 5.21. The van der Waals surface area contributed by atoms with Gasteiger partial charge in [0.25, 0.3) is 0 Å². The maximum Gasteiger partial charge on any atom is 0.221 e. The highest BCUT2D eigenvalue weighted by Gasteiger charge is 2.45. The molecule has 2 heterocycles. The van der Waals surface area contributed by atoms with Crippen molar-refractivity contribution in [2.24, 2.45) is 4.99 Å². The Morgan fingerprint density at radius 2 is 1.09 bits per heavy atom. The van der Waals surface area contributed by atoms with Crippen molar-refractivity contribution in [2.75, 3.05) is 0 Å². The number of guanidine groups is 1. The topological polar surface area (TPSA) is 42.9 Å². The molecule has 2 fully saturated rings. The van der Waals surface area contributed by atoms with Gasteiger partial charge in [0.2, 0.25) is 5.96 Å². The van der Waals surface area contributed by atoms with Gasteiger partial charge >= 0.3 is 0 Å². The van der Waals surface area contributed by atoms with Gasteiger partial charge in [-0.25, -0.2) is 15.0 Å². The van der Waals surface area contributed by atoms with Gasteiger partial charge in [-0.2, -0.15) is 0 Å². The number of hydrogen-bond donors (Lipinski definition) is 2. The summed E-state index contributed by atoms with van der Waals surface area (Å²) >= 11 is 0. The monoisotopic (exact) mass is 441 g/mol. The Bertz CT molecular complexity index is 720. The van der Waals surface area contributed by atoms with E-state index in [1.807, 2.05) is 0 Å². The molecule has 1 atom stereocenters. The van der Waals surface area contributed by atoms with E-state index in [0.717, 1.165) is 5.96 Å². The van der Waals surface area contributed by atoms with Gasteiger partial charge in [0.15, 0.2) is 0 Å². The maximum atomic E-state index is 5.21. The van der Waals surface area contributed by atoms with Gasteiger partial charge < -0.3 is 0 Å². The Kier molecular flexibility index (Phi) is 7.03. The zero-order chi connectivity index (χ0) is 23.8. The van der Waals surface area contributed by atoms with Crippen LogP contribution >= 0.6 is 0 Å². The molecule has 0 radical (unpaired) electrons. The van der Waals surface area contributed by atoms with Gasteiger partial charge in [-0.3, -0.25) is 10.9 Å². The number of hydrogen-bond acceptors (Lipinski definition) is 3. The molecule has 5 nitrogen and oxygen atoms in total. The third-order valence-electron chi connectivity index (χ3n) is 7.62. The Balaban J connectivity index is 1.97. The standard InChI is InChI=1S/C27H47N5/c1-21(22-15-11-10-12-16-22)28-23(29-31-24(2,3)17-13-18-25(31,4)5)30-32-26(6,7)19-14-20-27(32,8)9/h10-12,15-16,21H,13-14,17-20H2,1-9H3,(H2,28,29,30). The number of rotatable bonds is 4. The first-order valence-electron chi connectivity index (χ1n) is 12.5. The van der Waals surface area contributed by atoms with E-state index in [2.05, 4.69) is 114 Å². The summed E-state index contributed by atoms with van der Waals surface area (Å²) < 4.78 is 0. The van der Waals surface area contributed by atoms with Gasteiger partial charge in [0.05, 0.1) is 6.04 Å². The minimum Gasteiger partial charge on any atom is -0.287 e. The number of piperidine rings is 2. The second-order valence-electron chi connectivity index (χ2n) is 12.4. The smallest absolute Gasteiger partial charge is 0.221 e. The molecule has 0 bridgehead atoms. The molecule has 0 amide bonds. The summed E-state index contributed by atoms with van der Waals surface area (Å²) in [5, 5.41) is 4.88. The fourth-order valence-electron chi connectivity index (χ4n) is 5.89. The van der Waals surface area contributed by atoms with Crippen LogP contribution in [0.1, 0.15) is 112 Å². The van der Waals surface area contributed by atoms with Crippen LogP contribution in [0.25, 0.3) is 0 Å². The van der Waals surface area contributed by atoms with E-state index in [4.69, 9.17) is 4.99 Å². The van der Waals surface area contributed by atoms with Crippen LogP contribution in [0.3, 0.4) is 0 Å². The maximum absolute atomic E-state index is 5.21. The SMILES string of the molecule is CC(N=C(NN1C(C)(C)CCCC1(C)C)NN1C(C)(C)CCCC1(C)C)c1ccccc1. The Labute approximate surface area is 197 Å². The van der Waals surface area contributed by atoms with E-state index in [0.29, 0.717) is 0 Å². The van der Waals surface area contributed by atoms with E-state index in [-0.39, 0.29) is 28.2 Å². The van der Waals surface area contributed by atoms with Crippen LogP contribution in [-0.2, 0) is 0 Å². The van der Waals surface area contributed by atoms with E-state index in [1.165, 1.54) is 44.1 Å². The summed E-state index contributed by atoms with van der Waals surface area (Å²) in [5.41, 5.74) is 9.00. The van der Waals surface area contributed by atoms with Crippen molar-refractivity contribution < 1.29 is 0 Å². The highest BCUT2D eigenvalue weighted by atomic mass is 15.7. The fraction of sp³-hybridized carbons (Fsp3) is 0.741. The highest BCUT2D eigenvalue weighted by molar-refractivity contribution is 5.79. The first-order chi connectivity index (χ1) is 14.7. The average molecular weight is 442 g/mol. The molecule has 2 N–H and O–H groups in total. The lowest BCUT2D eigenvalue weighted by atomic mass is 9.81. The summed E-state index contributed by atoms with van der Waals surface area (Å²) in [5.74, 6) is 0.840. The van der Waals surface area contributed by atoms with Crippen LogP contribution < -0.4 is 10.9 Å². The first-order valence-corrected chi connectivity index (χ1v) is 12.5. The molecular weight excluding hydrogens is 394 g/mol.